The number of likely N-dealkylation sites (tertiary alicyclic amines) is 1. The molecule has 1 rings (SSSR count). The molecule has 43 heavy (non-hydrogen) atoms. The number of nitrogens with one attached hydrogen (secondary N) is 3. The predicted octanol–water partition coefficient (Wildman–Crippen LogP) is 2.34. The third kappa shape index (κ3) is 10.8. The molecule has 5 N–H and O–H groups in total. The van der Waals surface area contributed by atoms with Gasteiger partial charge in [-0.1, -0.05) is 68.2 Å². The molecular formula is C31H56N6O6. The molecule has 5 atom stereocenters. The highest BCUT2D eigenvalue weighted by Crippen LogP contribution is 2.27. The Morgan fingerprint density at radius 2 is 1.44 bits per heavy atom. The van der Waals surface area contributed by atoms with Gasteiger partial charge in [-0.15, -0.1) is 0 Å². The number of urea groups is 1. The summed E-state index contributed by atoms with van der Waals surface area (Å²) >= 11 is 0. The number of primary amides is 1. The predicted molar refractivity (Wildman–Crippen MR) is 166 cm³/mol. The van der Waals surface area contributed by atoms with Crippen molar-refractivity contribution in [1.29, 1.82) is 0 Å². The summed E-state index contributed by atoms with van der Waals surface area (Å²) in [6.07, 6.45) is 2.86. The molecule has 1 saturated heterocycles. The van der Waals surface area contributed by atoms with E-state index in [2.05, 4.69) is 16.0 Å². The molecular weight excluding hydrogens is 552 g/mol. The quantitative estimate of drug-likeness (QED) is 0.234. The molecule has 0 aliphatic carbocycles. The number of nitrogens with zero attached hydrogens (tertiary/aromatic N) is 2. The van der Waals surface area contributed by atoms with E-state index >= 15 is 0 Å². The Hall–Kier alpha value is -3.18. The largest absolute Gasteiger partial charge is 0.363 e. The van der Waals surface area contributed by atoms with E-state index in [9.17, 15) is 28.8 Å². The molecule has 0 aromatic rings. The zero-order valence-electron chi connectivity index (χ0n) is 28.1. The molecule has 5 unspecified atom stereocenters. The second-order valence-corrected chi connectivity index (χ2v) is 14.4. The van der Waals surface area contributed by atoms with Crippen LogP contribution in [0.4, 0.5) is 4.79 Å². The minimum atomic E-state index is -1.12. The van der Waals surface area contributed by atoms with Gasteiger partial charge in [0.05, 0.1) is 6.04 Å². The molecule has 0 bridgehead atoms. The number of hydrogen-bond acceptors (Lipinski definition) is 6. The molecule has 1 fully saturated rings. The monoisotopic (exact) mass is 608 g/mol. The van der Waals surface area contributed by atoms with Crippen molar-refractivity contribution >= 4 is 35.4 Å². The highest BCUT2D eigenvalue weighted by atomic mass is 16.2. The summed E-state index contributed by atoms with van der Waals surface area (Å²) in [5.74, 6) is -3.17. The normalized spacial score (nSPS) is 18.3. The van der Waals surface area contributed by atoms with Crippen molar-refractivity contribution in [2.75, 3.05) is 13.6 Å². The van der Waals surface area contributed by atoms with E-state index in [4.69, 9.17) is 5.73 Å². The van der Waals surface area contributed by atoms with E-state index in [1.165, 1.54) is 4.90 Å². The number of carbonyl (C=O) groups is 6. The molecule has 0 saturated carbocycles. The highest BCUT2D eigenvalue weighted by Gasteiger charge is 2.44. The van der Waals surface area contributed by atoms with Gasteiger partial charge in [0.2, 0.25) is 23.5 Å². The molecule has 6 amide bonds. The second-order valence-electron chi connectivity index (χ2n) is 14.4. The first kappa shape index (κ1) is 37.8. The van der Waals surface area contributed by atoms with E-state index in [0.717, 1.165) is 12.8 Å². The van der Waals surface area contributed by atoms with Crippen LogP contribution in [0.2, 0.25) is 0 Å². The molecule has 246 valence electrons. The van der Waals surface area contributed by atoms with Gasteiger partial charge in [0, 0.05) is 19.6 Å². The van der Waals surface area contributed by atoms with E-state index in [1.54, 1.807) is 32.7 Å². The number of hydrogen-bond donors (Lipinski definition) is 4. The maximum absolute atomic E-state index is 13.9. The Morgan fingerprint density at radius 1 is 0.907 bits per heavy atom. The molecule has 0 radical (unpaired) electrons. The molecule has 0 spiro atoms. The van der Waals surface area contributed by atoms with Crippen LogP contribution in [0.5, 0.6) is 0 Å². The zero-order chi connectivity index (χ0) is 33.4. The maximum atomic E-state index is 13.9. The van der Waals surface area contributed by atoms with Gasteiger partial charge in [-0.25, -0.2) is 4.79 Å². The first-order chi connectivity index (χ1) is 19.6. The molecule has 12 heteroatoms. The first-order valence-electron chi connectivity index (χ1n) is 15.4. The van der Waals surface area contributed by atoms with Crippen LogP contribution in [0.1, 0.15) is 101 Å². The van der Waals surface area contributed by atoms with Crippen molar-refractivity contribution < 1.29 is 28.8 Å². The zero-order valence-corrected chi connectivity index (χ0v) is 28.1. The SMILES string of the molecule is CCCC(C)CC(NC(=O)C1CCCN1C(=O)C(NC(=O)NC(C(=O)N(C)C(C)C)C(C)(C)C)C(C)(C)C)C(=O)C(N)=O. The van der Waals surface area contributed by atoms with Gasteiger partial charge in [0.25, 0.3) is 5.91 Å². The van der Waals surface area contributed by atoms with Crippen molar-refractivity contribution in [3.63, 3.8) is 0 Å². The second kappa shape index (κ2) is 15.5. The minimum absolute atomic E-state index is 0.0667. The Kier molecular flexibility index (Phi) is 13.7. The lowest BCUT2D eigenvalue weighted by Crippen LogP contribution is -2.62. The summed E-state index contributed by atoms with van der Waals surface area (Å²) in [5.41, 5.74) is 3.91. The van der Waals surface area contributed by atoms with Crippen molar-refractivity contribution in [3.05, 3.63) is 0 Å². The average molecular weight is 609 g/mol. The van der Waals surface area contributed by atoms with Gasteiger partial charge in [-0.05, 0) is 49.9 Å². The molecule has 1 aliphatic heterocycles. The lowest BCUT2D eigenvalue weighted by Gasteiger charge is -2.38. The van der Waals surface area contributed by atoms with E-state index < -0.39 is 64.5 Å². The molecule has 1 aliphatic rings. The third-order valence-corrected chi connectivity index (χ3v) is 8.03. The van der Waals surface area contributed by atoms with Crippen molar-refractivity contribution in [2.45, 2.75) is 132 Å². The summed E-state index contributed by atoms with van der Waals surface area (Å²) < 4.78 is 0. The van der Waals surface area contributed by atoms with Crippen molar-refractivity contribution in [3.8, 4) is 0 Å². The van der Waals surface area contributed by atoms with Crippen LogP contribution in [-0.4, -0.2) is 89.0 Å². The van der Waals surface area contributed by atoms with Gasteiger partial charge in [0.15, 0.2) is 0 Å². The minimum Gasteiger partial charge on any atom is -0.363 e. The number of likely N-dealkylation sites (N-methyl/N-ethyl adjacent to an activating group) is 1. The number of amides is 6. The van der Waals surface area contributed by atoms with Gasteiger partial charge in [-0.3, -0.25) is 24.0 Å². The van der Waals surface area contributed by atoms with Gasteiger partial charge >= 0.3 is 6.03 Å². The Balaban J connectivity index is 3.19. The van der Waals surface area contributed by atoms with Crippen LogP contribution in [0.3, 0.4) is 0 Å². The molecule has 1 heterocycles. The van der Waals surface area contributed by atoms with E-state index in [-0.39, 0.29) is 30.8 Å². The number of nitrogens with two attached hydrogens (primary N) is 1. The van der Waals surface area contributed by atoms with E-state index in [1.807, 2.05) is 48.5 Å². The summed E-state index contributed by atoms with van der Waals surface area (Å²) in [4.78, 5) is 81.1. The molecule has 0 aromatic heterocycles. The fourth-order valence-corrected chi connectivity index (χ4v) is 5.21. The molecule has 12 nitrogen and oxygen atoms in total. The van der Waals surface area contributed by atoms with Crippen LogP contribution in [0.25, 0.3) is 0 Å². The summed E-state index contributed by atoms with van der Waals surface area (Å²) in [7, 11) is 1.68. The van der Waals surface area contributed by atoms with Crippen LogP contribution >= 0.6 is 0 Å². The fraction of sp³-hybridized carbons (Fsp3) is 0.806. The third-order valence-electron chi connectivity index (χ3n) is 8.03. The van der Waals surface area contributed by atoms with Crippen LogP contribution in [0.15, 0.2) is 0 Å². The Labute approximate surface area is 257 Å². The van der Waals surface area contributed by atoms with Crippen molar-refractivity contribution in [2.24, 2.45) is 22.5 Å². The van der Waals surface area contributed by atoms with Crippen molar-refractivity contribution in [1.82, 2.24) is 25.8 Å². The lowest BCUT2D eigenvalue weighted by molar-refractivity contribution is -0.143. The maximum Gasteiger partial charge on any atom is 0.316 e. The molecule has 0 aromatic carbocycles. The number of rotatable bonds is 13. The summed E-state index contributed by atoms with van der Waals surface area (Å²) in [6, 6.07) is -4.58. The Bertz CT molecular complexity index is 1030. The van der Waals surface area contributed by atoms with E-state index in [0.29, 0.717) is 12.8 Å². The Morgan fingerprint density at radius 3 is 1.91 bits per heavy atom. The van der Waals surface area contributed by atoms with Gasteiger partial charge in [0.1, 0.15) is 18.1 Å². The van der Waals surface area contributed by atoms with Crippen LogP contribution < -0.4 is 21.7 Å². The van der Waals surface area contributed by atoms with Crippen LogP contribution in [-0.2, 0) is 24.0 Å². The topological polar surface area (TPSA) is 171 Å². The lowest BCUT2D eigenvalue weighted by atomic mass is 9.85. The van der Waals surface area contributed by atoms with Gasteiger partial charge < -0.3 is 31.5 Å². The smallest absolute Gasteiger partial charge is 0.316 e. The standard InChI is InChI=1S/C31H56N6O6/c1-12-14-19(4)17-20(22(38)25(32)39)33-26(40)21-15-13-16-37(21)28(42)24(31(8,9)10)35-29(43)34-23(30(5,6)7)27(41)36(11)18(2)3/h18-21,23-24H,12-17H2,1-11H3,(H2,32,39)(H,33,40)(H2,34,35,43). The van der Waals surface area contributed by atoms with Gasteiger partial charge in [-0.2, -0.15) is 0 Å². The number of carbonyl (C=O) groups excluding carboxylic acids is 6. The summed E-state index contributed by atoms with van der Waals surface area (Å²) in [6.45, 7) is 19.0. The first-order valence-corrected chi connectivity index (χ1v) is 15.4. The average Bonchev–Trinajstić information content (AvgIpc) is 3.37. The fourth-order valence-electron chi connectivity index (χ4n) is 5.21. The highest BCUT2D eigenvalue weighted by molar-refractivity contribution is 6.37. The summed E-state index contributed by atoms with van der Waals surface area (Å²) in [5, 5.41) is 8.24. The number of Topliss-reactive ketones (excluding diaryl/α,β-unsaturated/α-hetero) is 1. The van der Waals surface area contributed by atoms with Crippen LogP contribution in [0, 0.1) is 16.7 Å². The number of ketones is 1.